The lowest BCUT2D eigenvalue weighted by Gasteiger charge is -2.32. The van der Waals surface area contributed by atoms with Crippen molar-refractivity contribution < 1.29 is 86.8 Å². The fraction of sp³-hybridized carbons (Fsp3) is 0.191. The Kier molecular flexibility index (Phi) is 23.4. The van der Waals surface area contributed by atoms with Crippen LogP contribution in [0.3, 0.4) is 0 Å². The number of nitrogens with zero attached hydrogens (tertiary/aromatic N) is 11. The van der Waals surface area contributed by atoms with E-state index in [1.165, 1.54) is 151 Å². The summed E-state index contributed by atoms with van der Waals surface area (Å²) < 4.78 is 0. The number of imide groups is 4. The van der Waals surface area contributed by atoms with Gasteiger partial charge in [-0.1, -0.05) is 84.9 Å². The van der Waals surface area contributed by atoms with E-state index in [1.54, 1.807) is 60.7 Å². The molecule has 0 aliphatic carbocycles. The first-order chi connectivity index (χ1) is 58.9. The molecular weight excluding hydrogens is 1590 g/mol. The summed E-state index contributed by atoms with van der Waals surface area (Å²) in [5.41, 5.74) is 1.21. The van der Waals surface area contributed by atoms with Gasteiger partial charge in [-0.25, -0.2) is 0 Å². The highest BCUT2D eigenvalue weighted by Crippen LogP contribution is 2.39. The molecule has 0 saturated heterocycles. The smallest absolute Gasteiger partial charge is 0.270 e. The van der Waals surface area contributed by atoms with Gasteiger partial charge in [-0.2, -0.15) is 0 Å². The predicted octanol–water partition coefficient (Wildman–Crippen LogP) is 11.8. The number of ketones is 3. The maximum atomic E-state index is 14.2. The molecule has 123 heavy (non-hydrogen) atoms. The van der Waals surface area contributed by atoms with Crippen LogP contribution < -0.4 is 5.32 Å². The lowest BCUT2D eigenvalue weighted by molar-refractivity contribution is -0.384. The minimum absolute atomic E-state index is 0.00959. The number of benzene rings is 11. The van der Waals surface area contributed by atoms with Crippen molar-refractivity contribution in [2.45, 2.75) is 33.6 Å². The first-order valence-corrected chi connectivity index (χ1v) is 38.6. The lowest BCUT2D eigenvalue weighted by atomic mass is 9.93. The Morgan fingerprint density at radius 3 is 0.756 bits per heavy atom. The van der Waals surface area contributed by atoms with Gasteiger partial charge < -0.3 is 20.0 Å². The quantitative estimate of drug-likeness (QED) is 0.0144. The van der Waals surface area contributed by atoms with Crippen molar-refractivity contribution in [2.24, 2.45) is 0 Å². The van der Waals surface area contributed by atoms with Gasteiger partial charge in [-0.05, 0) is 122 Å². The highest BCUT2D eigenvalue weighted by atomic mass is 16.6. The molecule has 4 heterocycles. The summed E-state index contributed by atoms with van der Waals surface area (Å²) in [5.74, 6) is -7.58. The van der Waals surface area contributed by atoms with E-state index in [1.807, 2.05) is 0 Å². The molecule has 0 bridgehead atoms. The number of nitro benzene ring substituents is 4. The zero-order chi connectivity index (χ0) is 87.7. The van der Waals surface area contributed by atoms with Gasteiger partial charge in [0.15, 0.2) is 17.3 Å². The number of amides is 11. The minimum Gasteiger partial charge on any atom is -0.337 e. The van der Waals surface area contributed by atoms with Crippen LogP contribution in [0.15, 0.2) is 194 Å². The first-order valence-electron chi connectivity index (χ1n) is 38.6. The summed E-state index contributed by atoms with van der Waals surface area (Å²) in [6, 6.07) is 46.3. The molecule has 1 N–H and O–H groups in total. The molecule has 15 rings (SSSR count). The van der Waals surface area contributed by atoms with E-state index in [0.29, 0.717) is 62.0 Å². The summed E-state index contributed by atoms with van der Waals surface area (Å²) >= 11 is 0. The zero-order valence-electron chi connectivity index (χ0n) is 65.8. The summed E-state index contributed by atoms with van der Waals surface area (Å²) in [7, 11) is 0. The van der Waals surface area contributed by atoms with Crippen molar-refractivity contribution >= 4 is 148 Å². The molecule has 0 radical (unpaired) electrons. The molecule has 0 aromatic heterocycles. The van der Waals surface area contributed by atoms with Gasteiger partial charge >= 0.3 is 0 Å². The van der Waals surface area contributed by atoms with E-state index in [-0.39, 0.29) is 190 Å². The molecular formula is C89H70N12O22. The van der Waals surface area contributed by atoms with Gasteiger partial charge in [0.2, 0.25) is 0 Å². The number of Topliss-reactive ketones (excluding diaryl/α,β-unsaturated/α-hetero) is 3. The largest absolute Gasteiger partial charge is 0.337 e. The standard InChI is InChI=1S/C49H38N6O12.C40H32N6O10/c1-28(56)30-10-14-32(15-11-30)44(58)50(20-22-52-46(60)38-8-3-6-34-24-36(54(64)65)26-40(42(34)38)48(52)62)18-5-19-51(45(59)33-16-12-31(13-17-33)29(2)57)21-23-53-47(61)39-9-4-7-35-25-37(55(66)67)27-41(43(35)39)49(53)63;1-23(47)24-9-11-25(12-10-24)36(48)42(17-18-44-38(50)31-8-3-6-27-20-29(46(55)56)22-33(35(27)31)40(44)52)15-4-13-41-14-16-43-37(49)30-7-2-5-26-19-28(45(53)54)21-32(34(26)30)39(43)51/h3-4,6-17,24-27H,5,18-23H2,1-2H3;2-3,5-12,19-22,41H,4,13-18H2,1H3. The van der Waals surface area contributed by atoms with Gasteiger partial charge in [0.05, 0.1) is 41.9 Å². The number of carbonyl (C=O) groups excluding carboxylic acids is 14. The first kappa shape index (κ1) is 83.5. The van der Waals surface area contributed by atoms with E-state index in [0.717, 1.165) is 37.8 Å². The van der Waals surface area contributed by atoms with Crippen LogP contribution >= 0.6 is 0 Å². The highest BCUT2D eigenvalue weighted by Gasteiger charge is 2.40. The van der Waals surface area contributed by atoms with Crippen molar-refractivity contribution in [3.63, 3.8) is 0 Å². The van der Waals surface area contributed by atoms with Crippen LogP contribution in [-0.2, 0) is 0 Å². The Hall–Kier alpha value is -16.0. The van der Waals surface area contributed by atoms with E-state index < -0.39 is 84.7 Å². The third kappa shape index (κ3) is 16.4. The van der Waals surface area contributed by atoms with Crippen LogP contribution in [0.2, 0.25) is 0 Å². The third-order valence-corrected chi connectivity index (χ3v) is 21.9. The van der Waals surface area contributed by atoms with Gasteiger partial charge in [0, 0.05) is 198 Å². The molecule has 34 nitrogen and oxygen atoms in total. The number of nitrogens with one attached hydrogen (secondary N) is 1. The van der Waals surface area contributed by atoms with E-state index >= 15 is 0 Å². The number of hydrogen-bond acceptors (Lipinski definition) is 23. The number of carbonyl (C=O) groups is 14. The van der Waals surface area contributed by atoms with E-state index in [4.69, 9.17) is 0 Å². The Bertz CT molecular complexity index is 6280. The Labute approximate surface area is 696 Å². The monoisotopic (exact) mass is 1660 g/mol. The maximum absolute atomic E-state index is 14.2. The number of hydrogen-bond donors (Lipinski definition) is 1. The summed E-state index contributed by atoms with van der Waals surface area (Å²) in [6.07, 6.45) is 0.435. The van der Waals surface area contributed by atoms with Crippen LogP contribution in [-0.4, -0.2) is 215 Å². The van der Waals surface area contributed by atoms with Crippen LogP contribution in [0, 0.1) is 40.5 Å². The van der Waals surface area contributed by atoms with Crippen molar-refractivity contribution in [1.82, 2.24) is 39.6 Å². The van der Waals surface area contributed by atoms with Crippen molar-refractivity contribution in [1.29, 1.82) is 0 Å². The van der Waals surface area contributed by atoms with Crippen molar-refractivity contribution in [2.75, 3.05) is 78.5 Å². The molecule has 0 spiro atoms. The summed E-state index contributed by atoms with van der Waals surface area (Å²) in [6.45, 7) is 3.20. The minimum atomic E-state index is -0.793. The number of non-ortho nitro benzene ring substituents is 4. The second-order valence-electron chi connectivity index (χ2n) is 29.4. The van der Waals surface area contributed by atoms with Crippen LogP contribution in [0.4, 0.5) is 22.7 Å². The fourth-order valence-corrected chi connectivity index (χ4v) is 15.7. The highest BCUT2D eigenvalue weighted by molar-refractivity contribution is 6.29. The van der Waals surface area contributed by atoms with Gasteiger partial charge in [-0.15, -0.1) is 0 Å². The van der Waals surface area contributed by atoms with Crippen LogP contribution in [0.25, 0.3) is 43.1 Å². The van der Waals surface area contributed by atoms with Gasteiger partial charge in [0.25, 0.3) is 87.7 Å². The van der Waals surface area contributed by atoms with Crippen molar-refractivity contribution in [3.8, 4) is 0 Å². The average Bonchev–Trinajstić information content (AvgIpc) is 0.758. The molecule has 0 saturated carbocycles. The molecule has 0 fully saturated rings. The molecule has 4 aliphatic rings. The zero-order valence-corrected chi connectivity index (χ0v) is 65.8. The number of nitro groups is 4. The second kappa shape index (κ2) is 34.5. The molecule has 11 aromatic carbocycles. The fourth-order valence-electron chi connectivity index (χ4n) is 15.7. The lowest BCUT2D eigenvalue weighted by Crippen LogP contribution is -2.47. The van der Waals surface area contributed by atoms with Gasteiger partial charge in [0.1, 0.15) is 0 Å². The topological polar surface area (TPSA) is 446 Å². The SMILES string of the molecule is CC(=O)c1ccc(C(=O)N(CCCN(CCN2C(=O)c3cccc4cc([N+](=O)[O-])cc(c34)C2=O)C(=O)c2ccc(C(C)=O)cc2)CCN2C(=O)c3cccc4cc([N+](=O)[O-])cc(c34)C2=O)cc1.CC(=O)c1ccc(C(=O)N(CCCNCCN2C(=O)c3cccc4cc([N+](=O)[O-])cc(c34)C2=O)CCN2C(=O)c3cccc4cc([N+](=O)[O-])cc(c34)C2=O)cc1. The van der Waals surface area contributed by atoms with Crippen LogP contribution in [0.5, 0.6) is 0 Å². The van der Waals surface area contributed by atoms with Crippen LogP contribution in [0.1, 0.15) is 179 Å². The van der Waals surface area contributed by atoms with E-state index in [2.05, 4.69) is 5.32 Å². The number of rotatable bonds is 30. The van der Waals surface area contributed by atoms with Crippen molar-refractivity contribution in [3.05, 3.63) is 312 Å². The Morgan fingerprint density at radius 1 is 0.285 bits per heavy atom. The molecule has 34 heteroatoms. The predicted molar refractivity (Wildman–Crippen MR) is 443 cm³/mol. The Balaban J connectivity index is 0.000000204. The molecule has 618 valence electrons. The summed E-state index contributed by atoms with van der Waals surface area (Å²) in [4.78, 5) is 240. The molecule has 11 amide bonds. The second-order valence-corrected chi connectivity index (χ2v) is 29.4. The normalized spacial score (nSPS) is 13.2. The third-order valence-electron chi connectivity index (χ3n) is 21.9. The maximum Gasteiger partial charge on any atom is 0.270 e. The molecule has 11 aromatic rings. The van der Waals surface area contributed by atoms with Gasteiger partial charge in [-0.3, -0.25) is 127 Å². The van der Waals surface area contributed by atoms with E-state index in [9.17, 15) is 108 Å². The molecule has 4 aliphatic heterocycles. The Morgan fingerprint density at radius 2 is 0.512 bits per heavy atom. The summed E-state index contributed by atoms with van der Waals surface area (Å²) in [5, 5.41) is 52.6. The molecule has 0 unspecified atom stereocenters. The molecule has 0 atom stereocenters. The average molecular weight is 1660 g/mol.